The van der Waals surface area contributed by atoms with Crippen LogP contribution < -0.4 is 5.32 Å². The highest BCUT2D eigenvalue weighted by Gasteiger charge is 2.22. The monoisotopic (exact) mass is 262 g/mol. The van der Waals surface area contributed by atoms with E-state index in [0.717, 1.165) is 26.3 Å². The molecular formula is C15H22N2O2. The molecule has 1 aliphatic heterocycles. The summed E-state index contributed by atoms with van der Waals surface area (Å²) in [5, 5.41) is 2.94. The predicted octanol–water partition coefficient (Wildman–Crippen LogP) is 1.50. The van der Waals surface area contributed by atoms with Gasteiger partial charge in [-0.25, -0.2) is 0 Å². The van der Waals surface area contributed by atoms with Crippen LogP contribution in [-0.2, 0) is 9.53 Å². The van der Waals surface area contributed by atoms with Crippen molar-refractivity contribution < 1.29 is 9.53 Å². The first-order chi connectivity index (χ1) is 9.16. The van der Waals surface area contributed by atoms with Crippen LogP contribution in [0.15, 0.2) is 24.3 Å². The van der Waals surface area contributed by atoms with Crippen LogP contribution in [0.5, 0.6) is 0 Å². The van der Waals surface area contributed by atoms with Gasteiger partial charge in [0, 0.05) is 26.6 Å². The number of rotatable bonds is 4. The Bertz CT molecular complexity index is 428. The molecule has 2 rings (SSSR count). The van der Waals surface area contributed by atoms with Crippen LogP contribution in [0.25, 0.3) is 0 Å². The molecule has 1 fully saturated rings. The Balaban J connectivity index is 2.14. The number of hydrogen-bond donors (Lipinski definition) is 1. The Morgan fingerprint density at radius 1 is 1.42 bits per heavy atom. The number of ether oxygens (including phenoxy) is 1. The summed E-state index contributed by atoms with van der Waals surface area (Å²) in [5.74, 6) is 0.0194. The van der Waals surface area contributed by atoms with Crippen LogP contribution in [0.4, 0.5) is 0 Å². The third-order valence-corrected chi connectivity index (χ3v) is 3.46. The minimum atomic E-state index is 0.0194. The molecule has 1 saturated heterocycles. The highest BCUT2D eigenvalue weighted by molar-refractivity contribution is 5.72. The van der Waals surface area contributed by atoms with E-state index in [-0.39, 0.29) is 11.9 Å². The molecule has 0 aromatic heterocycles. The van der Waals surface area contributed by atoms with Crippen LogP contribution in [0.3, 0.4) is 0 Å². The second-order valence-electron chi connectivity index (χ2n) is 5.02. The number of nitrogens with zero attached hydrogens (tertiary/aromatic N) is 1. The maximum Gasteiger partial charge on any atom is 0.216 e. The lowest BCUT2D eigenvalue weighted by Gasteiger charge is -2.35. The summed E-state index contributed by atoms with van der Waals surface area (Å²) in [6, 6.07) is 8.73. The van der Waals surface area contributed by atoms with Gasteiger partial charge in [-0.1, -0.05) is 29.8 Å². The molecule has 1 unspecified atom stereocenters. The molecule has 1 aromatic carbocycles. The highest BCUT2D eigenvalue weighted by atomic mass is 16.5. The summed E-state index contributed by atoms with van der Waals surface area (Å²) in [6.07, 6.45) is 0. The van der Waals surface area contributed by atoms with Crippen molar-refractivity contribution in [2.75, 3.05) is 32.8 Å². The molecule has 1 aliphatic rings. The Morgan fingerprint density at radius 3 is 2.79 bits per heavy atom. The zero-order valence-corrected chi connectivity index (χ0v) is 11.7. The van der Waals surface area contributed by atoms with Crippen LogP contribution in [0, 0.1) is 6.92 Å². The van der Waals surface area contributed by atoms with Crippen molar-refractivity contribution >= 4 is 5.91 Å². The van der Waals surface area contributed by atoms with Gasteiger partial charge >= 0.3 is 0 Å². The number of amides is 1. The summed E-state index contributed by atoms with van der Waals surface area (Å²) in [6.45, 7) is 7.67. The number of morpholine rings is 1. The molecule has 104 valence electrons. The molecule has 19 heavy (non-hydrogen) atoms. The number of benzene rings is 1. The molecule has 4 heteroatoms. The third-order valence-electron chi connectivity index (χ3n) is 3.46. The van der Waals surface area contributed by atoms with E-state index in [1.807, 2.05) is 0 Å². The van der Waals surface area contributed by atoms with Gasteiger partial charge in [0.1, 0.15) is 0 Å². The quantitative estimate of drug-likeness (QED) is 0.894. The van der Waals surface area contributed by atoms with E-state index in [2.05, 4.69) is 41.4 Å². The van der Waals surface area contributed by atoms with Gasteiger partial charge in [0.15, 0.2) is 0 Å². The van der Waals surface area contributed by atoms with Crippen molar-refractivity contribution in [3.63, 3.8) is 0 Å². The Kier molecular flexibility index (Phi) is 4.93. The van der Waals surface area contributed by atoms with Gasteiger partial charge in [-0.2, -0.15) is 0 Å². The van der Waals surface area contributed by atoms with Crippen molar-refractivity contribution in [1.82, 2.24) is 10.2 Å². The number of hydrogen-bond acceptors (Lipinski definition) is 3. The third kappa shape index (κ3) is 4.04. The SMILES string of the molecule is CC(=O)NCC(c1cccc(C)c1)N1CCOCC1. The van der Waals surface area contributed by atoms with Crippen molar-refractivity contribution in [2.24, 2.45) is 0 Å². The lowest BCUT2D eigenvalue weighted by Crippen LogP contribution is -2.43. The fraction of sp³-hybridized carbons (Fsp3) is 0.533. The van der Waals surface area contributed by atoms with Crippen molar-refractivity contribution in [3.8, 4) is 0 Å². The van der Waals surface area contributed by atoms with E-state index >= 15 is 0 Å². The van der Waals surface area contributed by atoms with Crippen LogP contribution in [-0.4, -0.2) is 43.7 Å². The minimum Gasteiger partial charge on any atom is -0.379 e. The second-order valence-corrected chi connectivity index (χ2v) is 5.02. The molecule has 0 bridgehead atoms. The standard InChI is InChI=1S/C15H22N2O2/c1-12-4-3-5-14(10-12)15(11-16-13(2)18)17-6-8-19-9-7-17/h3-5,10,15H,6-9,11H2,1-2H3,(H,16,18). The zero-order valence-electron chi connectivity index (χ0n) is 11.7. The van der Waals surface area contributed by atoms with Gasteiger partial charge in [0.05, 0.1) is 19.3 Å². The largest absolute Gasteiger partial charge is 0.379 e. The van der Waals surface area contributed by atoms with Crippen LogP contribution >= 0.6 is 0 Å². The summed E-state index contributed by atoms with van der Waals surface area (Å²) < 4.78 is 5.41. The van der Waals surface area contributed by atoms with Crippen LogP contribution in [0.1, 0.15) is 24.1 Å². The number of aryl methyl sites for hydroxylation is 1. The van der Waals surface area contributed by atoms with E-state index in [1.54, 1.807) is 6.92 Å². The molecule has 0 spiro atoms. The molecule has 0 aliphatic carbocycles. The van der Waals surface area contributed by atoms with Gasteiger partial charge in [-0.15, -0.1) is 0 Å². The lowest BCUT2D eigenvalue weighted by molar-refractivity contribution is -0.119. The molecule has 4 nitrogen and oxygen atoms in total. The maximum atomic E-state index is 11.2. The van der Waals surface area contributed by atoms with E-state index in [9.17, 15) is 4.79 Å². The van der Waals surface area contributed by atoms with Gasteiger partial charge < -0.3 is 10.1 Å². The first kappa shape index (κ1) is 14.0. The average Bonchev–Trinajstić information content (AvgIpc) is 2.40. The molecule has 1 aromatic rings. The normalized spacial score (nSPS) is 18.0. The fourth-order valence-electron chi connectivity index (χ4n) is 2.46. The highest BCUT2D eigenvalue weighted by Crippen LogP contribution is 2.22. The number of carbonyl (C=O) groups is 1. The zero-order chi connectivity index (χ0) is 13.7. The van der Waals surface area contributed by atoms with E-state index in [1.165, 1.54) is 11.1 Å². The van der Waals surface area contributed by atoms with E-state index in [4.69, 9.17) is 4.74 Å². The number of carbonyl (C=O) groups excluding carboxylic acids is 1. The summed E-state index contributed by atoms with van der Waals surface area (Å²) >= 11 is 0. The maximum absolute atomic E-state index is 11.2. The lowest BCUT2D eigenvalue weighted by atomic mass is 10.0. The summed E-state index contributed by atoms with van der Waals surface area (Å²) in [7, 11) is 0. The van der Waals surface area contributed by atoms with Gasteiger partial charge in [0.25, 0.3) is 0 Å². The number of nitrogens with one attached hydrogen (secondary N) is 1. The predicted molar refractivity (Wildman–Crippen MR) is 75.0 cm³/mol. The molecule has 1 atom stereocenters. The fourth-order valence-corrected chi connectivity index (χ4v) is 2.46. The van der Waals surface area contributed by atoms with Crippen LogP contribution in [0.2, 0.25) is 0 Å². The summed E-state index contributed by atoms with van der Waals surface area (Å²) in [4.78, 5) is 13.6. The van der Waals surface area contributed by atoms with E-state index < -0.39 is 0 Å². The first-order valence-corrected chi connectivity index (χ1v) is 6.79. The van der Waals surface area contributed by atoms with E-state index in [0.29, 0.717) is 6.54 Å². The molecule has 0 saturated carbocycles. The van der Waals surface area contributed by atoms with Gasteiger partial charge in [-0.3, -0.25) is 9.69 Å². The van der Waals surface area contributed by atoms with Crippen molar-refractivity contribution in [2.45, 2.75) is 19.9 Å². The first-order valence-electron chi connectivity index (χ1n) is 6.79. The smallest absolute Gasteiger partial charge is 0.216 e. The molecular weight excluding hydrogens is 240 g/mol. The molecule has 1 N–H and O–H groups in total. The molecule has 1 amide bonds. The Morgan fingerprint density at radius 2 is 2.16 bits per heavy atom. The topological polar surface area (TPSA) is 41.6 Å². The Labute approximate surface area is 114 Å². The Hall–Kier alpha value is -1.39. The minimum absolute atomic E-state index is 0.0194. The molecule has 1 heterocycles. The van der Waals surface area contributed by atoms with Gasteiger partial charge in [-0.05, 0) is 12.5 Å². The van der Waals surface area contributed by atoms with Gasteiger partial charge in [0.2, 0.25) is 5.91 Å². The second kappa shape index (κ2) is 6.68. The van der Waals surface area contributed by atoms with Crippen molar-refractivity contribution in [3.05, 3.63) is 35.4 Å². The van der Waals surface area contributed by atoms with Crippen molar-refractivity contribution in [1.29, 1.82) is 0 Å². The average molecular weight is 262 g/mol. The summed E-state index contributed by atoms with van der Waals surface area (Å²) in [5.41, 5.74) is 2.51. The molecule has 0 radical (unpaired) electrons.